The molecule has 1 atom stereocenters. The summed E-state index contributed by atoms with van der Waals surface area (Å²) in [6, 6.07) is 13.5. The molecule has 0 aliphatic carbocycles. The van der Waals surface area contributed by atoms with Gasteiger partial charge in [-0.25, -0.2) is 0 Å². The summed E-state index contributed by atoms with van der Waals surface area (Å²) in [5.41, 5.74) is 2.84. The molecular formula is C21H27N3O2. The maximum atomic E-state index is 12.1. The molecule has 0 bridgehead atoms. The number of rotatable bonds is 8. The standard InChI is InChI=1S/C21H27N3O2/c1-15(2)17-7-9-18(10-8-17)24-21(26)13-16(3)12-20(25)23-14-19-6-4-5-11-22-19/h4-11,15-16H,12-14H2,1-3H3,(H,23,25)(H,24,26)/t16-/m0/s1. The molecule has 0 radical (unpaired) electrons. The molecule has 0 fully saturated rings. The number of hydrogen-bond acceptors (Lipinski definition) is 3. The Balaban J connectivity index is 1.73. The van der Waals surface area contributed by atoms with Crippen molar-refractivity contribution in [2.45, 2.75) is 46.1 Å². The van der Waals surface area contributed by atoms with Gasteiger partial charge < -0.3 is 10.6 Å². The van der Waals surface area contributed by atoms with Crippen LogP contribution in [0.4, 0.5) is 5.69 Å². The summed E-state index contributed by atoms with van der Waals surface area (Å²) in [4.78, 5) is 28.3. The van der Waals surface area contributed by atoms with Gasteiger partial charge in [-0.3, -0.25) is 14.6 Å². The first-order valence-corrected chi connectivity index (χ1v) is 9.00. The van der Waals surface area contributed by atoms with Gasteiger partial charge in [0.1, 0.15) is 0 Å². The third-order valence-electron chi connectivity index (χ3n) is 4.12. The van der Waals surface area contributed by atoms with Crippen LogP contribution in [0, 0.1) is 5.92 Å². The number of anilines is 1. The SMILES string of the molecule is CC(C)c1ccc(NC(=O)C[C@@H](C)CC(=O)NCc2ccccn2)cc1. The van der Waals surface area contributed by atoms with Crippen LogP contribution in [0.2, 0.25) is 0 Å². The molecular weight excluding hydrogens is 326 g/mol. The molecule has 2 rings (SSSR count). The Bertz CT molecular complexity index is 712. The smallest absolute Gasteiger partial charge is 0.224 e. The van der Waals surface area contributed by atoms with E-state index in [-0.39, 0.29) is 17.7 Å². The lowest BCUT2D eigenvalue weighted by atomic mass is 10.0. The van der Waals surface area contributed by atoms with Crippen LogP contribution in [-0.4, -0.2) is 16.8 Å². The number of nitrogens with zero attached hydrogens (tertiary/aromatic N) is 1. The summed E-state index contributed by atoms with van der Waals surface area (Å²) in [5.74, 6) is 0.280. The van der Waals surface area contributed by atoms with Crippen molar-refractivity contribution in [1.29, 1.82) is 0 Å². The summed E-state index contributed by atoms with van der Waals surface area (Å²) >= 11 is 0. The highest BCUT2D eigenvalue weighted by molar-refractivity contribution is 5.91. The van der Waals surface area contributed by atoms with Gasteiger partial charge in [0.2, 0.25) is 11.8 Å². The third kappa shape index (κ3) is 6.67. The predicted molar refractivity (Wildman–Crippen MR) is 104 cm³/mol. The van der Waals surface area contributed by atoms with E-state index in [9.17, 15) is 9.59 Å². The van der Waals surface area contributed by atoms with E-state index in [0.717, 1.165) is 11.4 Å². The van der Waals surface area contributed by atoms with E-state index >= 15 is 0 Å². The maximum Gasteiger partial charge on any atom is 0.224 e. The first-order valence-electron chi connectivity index (χ1n) is 9.00. The zero-order valence-corrected chi connectivity index (χ0v) is 15.7. The zero-order chi connectivity index (χ0) is 18.9. The number of benzene rings is 1. The molecule has 0 spiro atoms. The Kier molecular flexibility index (Phi) is 7.33. The van der Waals surface area contributed by atoms with Crippen molar-refractivity contribution < 1.29 is 9.59 Å². The molecule has 1 aromatic carbocycles. The second-order valence-corrected chi connectivity index (χ2v) is 6.94. The molecule has 5 heteroatoms. The number of aromatic nitrogens is 1. The van der Waals surface area contributed by atoms with E-state index in [1.54, 1.807) is 6.20 Å². The number of hydrogen-bond donors (Lipinski definition) is 2. The molecule has 0 aliphatic heterocycles. The highest BCUT2D eigenvalue weighted by Gasteiger charge is 2.14. The second kappa shape index (κ2) is 9.70. The van der Waals surface area contributed by atoms with Crippen molar-refractivity contribution in [1.82, 2.24) is 10.3 Å². The van der Waals surface area contributed by atoms with Crippen LogP contribution in [0.3, 0.4) is 0 Å². The number of carbonyl (C=O) groups is 2. The first-order chi connectivity index (χ1) is 12.4. The topological polar surface area (TPSA) is 71.1 Å². The van der Waals surface area contributed by atoms with Crippen molar-refractivity contribution >= 4 is 17.5 Å². The van der Waals surface area contributed by atoms with Gasteiger partial charge in [0, 0.05) is 24.7 Å². The highest BCUT2D eigenvalue weighted by Crippen LogP contribution is 2.18. The van der Waals surface area contributed by atoms with Gasteiger partial charge in [-0.1, -0.05) is 39.0 Å². The van der Waals surface area contributed by atoms with Gasteiger partial charge in [-0.05, 0) is 41.7 Å². The van der Waals surface area contributed by atoms with E-state index in [2.05, 4.69) is 29.5 Å². The average molecular weight is 353 g/mol. The molecule has 0 saturated carbocycles. The summed E-state index contributed by atoms with van der Waals surface area (Å²) in [7, 11) is 0. The summed E-state index contributed by atoms with van der Waals surface area (Å²) < 4.78 is 0. The number of amides is 2. The highest BCUT2D eigenvalue weighted by atomic mass is 16.2. The third-order valence-corrected chi connectivity index (χ3v) is 4.12. The van der Waals surface area contributed by atoms with Crippen LogP contribution < -0.4 is 10.6 Å². The minimum absolute atomic E-state index is 0.0336. The first kappa shape index (κ1) is 19.6. The molecule has 1 aromatic heterocycles. The van der Waals surface area contributed by atoms with Crippen LogP contribution in [-0.2, 0) is 16.1 Å². The summed E-state index contributed by atoms with van der Waals surface area (Å²) in [6.07, 6.45) is 2.32. The fourth-order valence-corrected chi connectivity index (χ4v) is 2.63. The van der Waals surface area contributed by atoms with Crippen LogP contribution >= 0.6 is 0 Å². The molecule has 26 heavy (non-hydrogen) atoms. The fourth-order valence-electron chi connectivity index (χ4n) is 2.63. The van der Waals surface area contributed by atoms with E-state index in [1.165, 1.54) is 5.56 Å². The number of carbonyl (C=O) groups excluding carboxylic acids is 2. The lowest BCUT2D eigenvalue weighted by Crippen LogP contribution is -2.26. The molecule has 2 amide bonds. The van der Waals surface area contributed by atoms with E-state index in [4.69, 9.17) is 0 Å². The molecule has 5 nitrogen and oxygen atoms in total. The van der Waals surface area contributed by atoms with Crippen molar-refractivity contribution in [2.75, 3.05) is 5.32 Å². The largest absolute Gasteiger partial charge is 0.350 e. The minimum Gasteiger partial charge on any atom is -0.350 e. The molecule has 138 valence electrons. The quantitative estimate of drug-likeness (QED) is 0.756. The lowest BCUT2D eigenvalue weighted by Gasteiger charge is -2.12. The van der Waals surface area contributed by atoms with Crippen molar-refractivity contribution in [2.24, 2.45) is 5.92 Å². The molecule has 2 N–H and O–H groups in total. The van der Waals surface area contributed by atoms with Gasteiger partial charge in [0.15, 0.2) is 0 Å². The molecule has 2 aromatic rings. The fraction of sp³-hybridized carbons (Fsp3) is 0.381. The van der Waals surface area contributed by atoms with Gasteiger partial charge in [-0.2, -0.15) is 0 Å². The maximum absolute atomic E-state index is 12.1. The monoisotopic (exact) mass is 353 g/mol. The second-order valence-electron chi connectivity index (χ2n) is 6.94. The van der Waals surface area contributed by atoms with Crippen LogP contribution in [0.15, 0.2) is 48.7 Å². The normalized spacial score (nSPS) is 11.8. The Morgan fingerprint density at radius 2 is 1.65 bits per heavy atom. The van der Waals surface area contributed by atoms with Gasteiger partial charge in [-0.15, -0.1) is 0 Å². The number of nitrogens with one attached hydrogen (secondary N) is 2. The summed E-state index contributed by atoms with van der Waals surface area (Å²) in [5, 5.41) is 5.73. The average Bonchev–Trinajstić information content (AvgIpc) is 2.61. The van der Waals surface area contributed by atoms with E-state index in [0.29, 0.717) is 25.3 Å². The molecule has 0 saturated heterocycles. The Morgan fingerprint density at radius 3 is 2.27 bits per heavy atom. The molecule has 0 unspecified atom stereocenters. The van der Waals surface area contributed by atoms with Crippen molar-refractivity contribution in [3.8, 4) is 0 Å². The van der Waals surface area contributed by atoms with Crippen LogP contribution in [0.1, 0.15) is 50.8 Å². The van der Waals surface area contributed by atoms with E-state index in [1.807, 2.05) is 49.4 Å². The van der Waals surface area contributed by atoms with Gasteiger partial charge in [0.05, 0.1) is 12.2 Å². The Labute approximate surface area is 155 Å². The number of pyridine rings is 1. The lowest BCUT2D eigenvalue weighted by molar-refractivity contribution is -0.122. The van der Waals surface area contributed by atoms with Crippen molar-refractivity contribution in [3.63, 3.8) is 0 Å². The predicted octanol–water partition coefficient (Wildman–Crippen LogP) is 3.88. The zero-order valence-electron chi connectivity index (χ0n) is 15.7. The Morgan fingerprint density at radius 1 is 0.962 bits per heavy atom. The van der Waals surface area contributed by atoms with Gasteiger partial charge >= 0.3 is 0 Å². The molecule has 1 heterocycles. The Hall–Kier alpha value is -2.69. The van der Waals surface area contributed by atoms with Crippen molar-refractivity contribution in [3.05, 3.63) is 59.9 Å². The summed E-state index contributed by atoms with van der Waals surface area (Å²) in [6.45, 7) is 6.57. The van der Waals surface area contributed by atoms with E-state index < -0.39 is 0 Å². The minimum atomic E-state index is -0.0766. The van der Waals surface area contributed by atoms with Gasteiger partial charge in [0.25, 0.3) is 0 Å². The van der Waals surface area contributed by atoms with Crippen LogP contribution in [0.25, 0.3) is 0 Å². The molecule has 0 aliphatic rings. The van der Waals surface area contributed by atoms with Crippen LogP contribution in [0.5, 0.6) is 0 Å².